The molecule has 7 heteroatoms. The molecule has 0 unspecified atom stereocenters. The molecule has 1 fully saturated rings. The van der Waals surface area contributed by atoms with Gasteiger partial charge in [0.1, 0.15) is 12.2 Å². The van der Waals surface area contributed by atoms with Gasteiger partial charge in [-0.25, -0.2) is 0 Å². The van der Waals surface area contributed by atoms with Crippen LogP contribution in [0, 0.1) is 5.92 Å². The number of hydrogen-bond acceptors (Lipinski definition) is 6. The lowest BCUT2D eigenvalue weighted by Crippen LogP contribution is -2.40. The van der Waals surface area contributed by atoms with E-state index in [1.54, 1.807) is 61.6 Å². The van der Waals surface area contributed by atoms with Crippen LogP contribution >= 0.6 is 0 Å². The van der Waals surface area contributed by atoms with E-state index >= 15 is 0 Å². The van der Waals surface area contributed by atoms with Crippen LogP contribution in [0.2, 0.25) is 0 Å². The average Bonchev–Trinajstić information content (AvgIpc) is 3.17. The van der Waals surface area contributed by atoms with Crippen molar-refractivity contribution in [1.82, 2.24) is 5.32 Å². The fourth-order valence-corrected chi connectivity index (χ4v) is 3.83. The molecule has 5 N–H and O–H groups in total. The van der Waals surface area contributed by atoms with Crippen molar-refractivity contribution < 1.29 is 30.0 Å². The predicted molar refractivity (Wildman–Crippen MR) is 137 cm³/mol. The van der Waals surface area contributed by atoms with Gasteiger partial charge in [-0.3, -0.25) is 4.79 Å². The Morgan fingerprint density at radius 3 is 2.29 bits per heavy atom. The zero-order chi connectivity index (χ0) is 25.8. The van der Waals surface area contributed by atoms with Crippen LogP contribution in [0.1, 0.15) is 33.6 Å². The maximum atomic E-state index is 12.0. The standard InChI is InChI=1S/C28H39NO6/c1-19-11-8-9-14-22(30)17-21(3)29-26(32)16-7-5-4-6-13-20(2)27(33)28(34)25-18-23(31)24(35-25)15-10-12-19/h4-16,20-25,27-28,30-31,33-34H,17-18H2,1-3H3,(H,29,32)/b5-4+,11-8+,13-6+,14-9+,15-10+,16-7+,19-12+/t20-,21-,22-,23+,24-,25-,27+,28-/m0/s1. The van der Waals surface area contributed by atoms with E-state index in [0.717, 1.165) is 5.57 Å². The third-order valence-electron chi connectivity index (χ3n) is 5.90. The zero-order valence-electron chi connectivity index (χ0n) is 20.6. The molecule has 2 rings (SSSR count). The van der Waals surface area contributed by atoms with E-state index in [1.807, 2.05) is 32.1 Å². The molecule has 7 nitrogen and oxygen atoms in total. The molecule has 2 heterocycles. The molecule has 2 aliphatic heterocycles. The van der Waals surface area contributed by atoms with E-state index in [0.29, 0.717) is 6.42 Å². The van der Waals surface area contributed by atoms with E-state index < -0.39 is 36.6 Å². The predicted octanol–water partition coefficient (Wildman–Crippen LogP) is 2.42. The lowest BCUT2D eigenvalue weighted by molar-refractivity contribution is -0.117. The summed E-state index contributed by atoms with van der Waals surface area (Å²) in [6, 6.07) is -0.206. The molecule has 192 valence electrons. The summed E-state index contributed by atoms with van der Waals surface area (Å²) in [6.45, 7) is 5.53. The first-order chi connectivity index (χ1) is 16.7. The molecule has 0 aliphatic carbocycles. The fraction of sp³-hybridized carbons (Fsp3) is 0.464. The van der Waals surface area contributed by atoms with Gasteiger partial charge in [-0.15, -0.1) is 0 Å². The van der Waals surface area contributed by atoms with Crippen molar-refractivity contribution in [3.8, 4) is 0 Å². The third kappa shape index (κ3) is 10.3. The summed E-state index contributed by atoms with van der Waals surface area (Å²) in [7, 11) is 0. The third-order valence-corrected chi connectivity index (χ3v) is 5.90. The minimum absolute atomic E-state index is 0.206. The van der Waals surface area contributed by atoms with Gasteiger partial charge in [0, 0.05) is 24.5 Å². The summed E-state index contributed by atoms with van der Waals surface area (Å²) in [5, 5.41) is 44.4. The summed E-state index contributed by atoms with van der Waals surface area (Å²) in [6.07, 6.45) is 18.1. The van der Waals surface area contributed by atoms with Gasteiger partial charge in [0.25, 0.3) is 0 Å². The van der Waals surface area contributed by atoms with Gasteiger partial charge in [-0.05, 0) is 20.3 Å². The second-order valence-corrected chi connectivity index (χ2v) is 9.16. The molecule has 8 atom stereocenters. The number of rotatable bonds is 0. The van der Waals surface area contributed by atoms with Crippen molar-refractivity contribution >= 4 is 5.91 Å². The minimum Gasteiger partial charge on any atom is -0.390 e. The van der Waals surface area contributed by atoms with Crippen molar-refractivity contribution in [2.45, 2.75) is 76.3 Å². The van der Waals surface area contributed by atoms with Gasteiger partial charge in [-0.2, -0.15) is 0 Å². The summed E-state index contributed by atoms with van der Waals surface area (Å²) < 4.78 is 5.80. The minimum atomic E-state index is -1.14. The van der Waals surface area contributed by atoms with E-state index in [2.05, 4.69) is 5.32 Å². The second-order valence-electron chi connectivity index (χ2n) is 9.16. The quantitative estimate of drug-likeness (QED) is 0.360. The van der Waals surface area contributed by atoms with E-state index in [1.165, 1.54) is 6.08 Å². The molecule has 1 saturated heterocycles. The number of aliphatic hydroxyl groups is 4. The van der Waals surface area contributed by atoms with Crippen LogP contribution in [-0.2, 0) is 9.53 Å². The van der Waals surface area contributed by atoms with E-state index in [9.17, 15) is 25.2 Å². The number of amides is 1. The van der Waals surface area contributed by atoms with Gasteiger partial charge in [0.15, 0.2) is 0 Å². The molecule has 1 amide bonds. The molecular weight excluding hydrogens is 446 g/mol. The van der Waals surface area contributed by atoms with Crippen LogP contribution in [0.5, 0.6) is 0 Å². The zero-order valence-corrected chi connectivity index (χ0v) is 20.6. The highest BCUT2D eigenvalue weighted by Gasteiger charge is 2.39. The monoisotopic (exact) mass is 485 g/mol. The molecule has 0 aromatic heterocycles. The van der Waals surface area contributed by atoms with Crippen molar-refractivity contribution in [2.75, 3.05) is 0 Å². The Hall–Kier alpha value is -2.55. The molecule has 2 aliphatic rings. The first kappa shape index (κ1) is 28.7. The molecule has 0 aromatic rings. The molecule has 35 heavy (non-hydrogen) atoms. The highest BCUT2D eigenvalue weighted by molar-refractivity contribution is 5.87. The Kier molecular flexibility index (Phi) is 12.1. The second kappa shape index (κ2) is 14.8. The Bertz CT molecular complexity index is 884. The number of carbonyl (C=O) groups is 1. The maximum Gasteiger partial charge on any atom is 0.244 e. The van der Waals surface area contributed by atoms with Crippen LogP contribution in [-0.4, -0.2) is 69.0 Å². The molecular formula is C28H39NO6. The van der Waals surface area contributed by atoms with Crippen LogP contribution in [0.3, 0.4) is 0 Å². The van der Waals surface area contributed by atoms with Crippen LogP contribution < -0.4 is 5.32 Å². The Morgan fingerprint density at radius 2 is 1.51 bits per heavy atom. The Morgan fingerprint density at radius 1 is 0.829 bits per heavy atom. The number of fused-ring (bicyclic) bond motifs is 2. The number of allylic oxidation sites excluding steroid dienone is 10. The summed E-state index contributed by atoms with van der Waals surface area (Å²) in [4.78, 5) is 12.0. The van der Waals surface area contributed by atoms with Crippen molar-refractivity contribution in [2.24, 2.45) is 5.92 Å². The summed E-state index contributed by atoms with van der Waals surface area (Å²) in [5.41, 5.74) is 0.951. The van der Waals surface area contributed by atoms with Gasteiger partial charge < -0.3 is 30.5 Å². The topological polar surface area (TPSA) is 119 Å². The molecule has 0 spiro atoms. The normalized spacial score (nSPS) is 42.8. The SMILES string of the molecule is CC1=C\C=C\[C@@H]2O[C@@H](C[C@H]2O)[C@H](O)[C@H](O)[C@@H](C)/C=C/C=C/C=C/C(=O)N[C@@H](C)C[C@@H](O)\C=C\C=C\1. The smallest absolute Gasteiger partial charge is 0.244 e. The van der Waals surface area contributed by atoms with Gasteiger partial charge in [0.05, 0.1) is 24.4 Å². The van der Waals surface area contributed by atoms with Gasteiger partial charge in [-0.1, -0.05) is 85.4 Å². The van der Waals surface area contributed by atoms with Crippen molar-refractivity contribution in [1.29, 1.82) is 0 Å². The number of nitrogens with one attached hydrogen (secondary N) is 1. The van der Waals surface area contributed by atoms with E-state index in [-0.39, 0.29) is 24.3 Å². The van der Waals surface area contributed by atoms with Gasteiger partial charge >= 0.3 is 0 Å². The Balaban J connectivity index is 2.16. The van der Waals surface area contributed by atoms with Gasteiger partial charge in [0.2, 0.25) is 5.91 Å². The number of hydrogen-bond donors (Lipinski definition) is 5. The number of aliphatic hydroxyl groups excluding tert-OH is 4. The van der Waals surface area contributed by atoms with Crippen LogP contribution in [0.25, 0.3) is 0 Å². The number of ether oxygens (including phenoxy) is 1. The largest absolute Gasteiger partial charge is 0.390 e. The molecule has 0 aromatic carbocycles. The van der Waals surface area contributed by atoms with Crippen molar-refractivity contribution in [3.63, 3.8) is 0 Å². The maximum absolute atomic E-state index is 12.0. The number of carbonyl (C=O) groups excluding carboxylic acids is 1. The summed E-state index contributed by atoms with van der Waals surface area (Å²) in [5.74, 6) is -0.615. The molecule has 2 bridgehead atoms. The first-order valence-corrected chi connectivity index (χ1v) is 12.1. The average molecular weight is 486 g/mol. The Labute approximate surface area is 208 Å². The van der Waals surface area contributed by atoms with Crippen LogP contribution in [0.15, 0.2) is 84.6 Å². The lowest BCUT2D eigenvalue weighted by atomic mass is 9.94. The highest BCUT2D eigenvalue weighted by atomic mass is 16.5. The van der Waals surface area contributed by atoms with Crippen LogP contribution in [0.4, 0.5) is 0 Å². The molecule has 0 radical (unpaired) electrons. The summed E-state index contributed by atoms with van der Waals surface area (Å²) >= 11 is 0. The van der Waals surface area contributed by atoms with E-state index in [4.69, 9.17) is 4.74 Å². The first-order valence-electron chi connectivity index (χ1n) is 12.1. The lowest BCUT2D eigenvalue weighted by Gasteiger charge is -2.26. The fourth-order valence-electron chi connectivity index (χ4n) is 3.83. The highest BCUT2D eigenvalue weighted by Crippen LogP contribution is 2.27. The molecule has 0 saturated carbocycles. The van der Waals surface area contributed by atoms with Crippen molar-refractivity contribution in [3.05, 3.63) is 84.6 Å².